The molecule has 1 heterocycles. The Morgan fingerprint density at radius 2 is 1.49 bits per heavy atom. The van der Waals surface area contributed by atoms with Crippen molar-refractivity contribution >= 4 is 17.6 Å². The zero-order valence-electron chi connectivity index (χ0n) is 20.7. The Balaban J connectivity index is 1.84. The highest BCUT2D eigenvalue weighted by molar-refractivity contribution is 5.92. The monoisotopic (exact) mass is 559 g/mol. The standard InChI is InChI=1S/C26H24F7N3O3/c1-16(2)36(24(38)34-21-11-18(25(28,29)30)10-19(12-21)26(31,32)33)15-23(37)35(14-22-4-3-9-39-22)13-17-5-7-20(27)8-6-17/h3-12,16H,13-15H2,1-2H3,(H,34,38). The lowest BCUT2D eigenvalue weighted by molar-refractivity contribution is -0.143. The molecule has 0 spiro atoms. The molecular weight excluding hydrogens is 535 g/mol. The lowest BCUT2D eigenvalue weighted by Crippen LogP contribution is -2.47. The summed E-state index contributed by atoms with van der Waals surface area (Å²) >= 11 is 0. The van der Waals surface area contributed by atoms with Crippen molar-refractivity contribution in [2.75, 3.05) is 11.9 Å². The van der Waals surface area contributed by atoms with Gasteiger partial charge in [-0.15, -0.1) is 0 Å². The molecule has 0 radical (unpaired) electrons. The predicted octanol–water partition coefficient (Wildman–Crippen LogP) is 6.93. The van der Waals surface area contributed by atoms with Crippen LogP contribution in [-0.4, -0.2) is 34.3 Å². The van der Waals surface area contributed by atoms with Gasteiger partial charge in [0.2, 0.25) is 5.91 Å². The van der Waals surface area contributed by atoms with E-state index in [1.54, 1.807) is 12.1 Å². The SMILES string of the molecule is CC(C)N(CC(=O)N(Cc1ccc(F)cc1)Cc1ccco1)C(=O)Nc1cc(C(F)(F)F)cc(C(F)(F)F)c1. The van der Waals surface area contributed by atoms with Crippen LogP contribution in [0.2, 0.25) is 0 Å². The normalized spacial score (nSPS) is 11.9. The van der Waals surface area contributed by atoms with Gasteiger partial charge in [-0.25, -0.2) is 9.18 Å². The fourth-order valence-corrected chi connectivity index (χ4v) is 3.59. The number of urea groups is 1. The summed E-state index contributed by atoms with van der Waals surface area (Å²) in [6.45, 7) is 2.49. The first-order chi connectivity index (χ1) is 18.1. The van der Waals surface area contributed by atoms with Gasteiger partial charge < -0.3 is 19.5 Å². The first-order valence-electron chi connectivity index (χ1n) is 11.5. The minimum atomic E-state index is -5.10. The maximum Gasteiger partial charge on any atom is 0.416 e. The fourth-order valence-electron chi connectivity index (χ4n) is 3.59. The average Bonchev–Trinajstić information content (AvgIpc) is 3.35. The van der Waals surface area contributed by atoms with Crippen LogP contribution in [0.1, 0.15) is 36.3 Å². The van der Waals surface area contributed by atoms with E-state index in [1.165, 1.54) is 49.3 Å². The van der Waals surface area contributed by atoms with Crippen molar-refractivity contribution in [2.45, 2.75) is 45.3 Å². The molecule has 6 nitrogen and oxygen atoms in total. The number of amides is 3. The quantitative estimate of drug-likeness (QED) is 0.305. The number of alkyl halides is 6. The zero-order valence-corrected chi connectivity index (χ0v) is 20.7. The number of nitrogens with one attached hydrogen (secondary N) is 1. The molecule has 0 aliphatic rings. The Hall–Kier alpha value is -4.03. The fraction of sp³-hybridized carbons (Fsp3) is 0.308. The van der Waals surface area contributed by atoms with E-state index in [4.69, 9.17) is 4.42 Å². The predicted molar refractivity (Wildman–Crippen MR) is 127 cm³/mol. The summed E-state index contributed by atoms with van der Waals surface area (Å²) < 4.78 is 97.9. The second-order valence-corrected chi connectivity index (χ2v) is 8.90. The maximum atomic E-state index is 13.3. The second-order valence-electron chi connectivity index (χ2n) is 8.90. The van der Waals surface area contributed by atoms with Crippen molar-refractivity contribution in [3.8, 4) is 0 Å². The van der Waals surface area contributed by atoms with Crippen LogP contribution in [0.5, 0.6) is 0 Å². The summed E-state index contributed by atoms with van der Waals surface area (Å²) in [5.41, 5.74) is -3.35. The highest BCUT2D eigenvalue weighted by Crippen LogP contribution is 2.37. The summed E-state index contributed by atoms with van der Waals surface area (Å²) in [7, 11) is 0. The summed E-state index contributed by atoms with van der Waals surface area (Å²) in [5, 5.41) is 2.05. The Bertz CT molecular complexity index is 1240. The van der Waals surface area contributed by atoms with Gasteiger partial charge in [-0.3, -0.25) is 4.79 Å². The van der Waals surface area contributed by atoms with Crippen LogP contribution in [0.3, 0.4) is 0 Å². The van der Waals surface area contributed by atoms with Gasteiger partial charge in [-0.05, 0) is 61.9 Å². The number of furan rings is 1. The molecule has 0 saturated heterocycles. The van der Waals surface area contributed by atoms with Crippen molar-refractivity contribution in [2.24, 2.45) is 0 Å². The number of hydrogen-bond donors (Lipinski definition) is 1. The van der Waals surface area contributed by atoms with Crippen molar-refractivity contribution in [3.63, 3.8) is 0 Å². The van der Waals surface area contributed by atoms with Crippen LogP contribution in [-0.2, 0) is 30.2 Å². The van der Waals surface area contributed by atoms with Gasteiger partial charge in [0.05, 0.1) is 23.9 Å². The molecule has 39 heavy (non-hydrogen) atoms. The maximum absolute atomic E-state index is 13.3. The molecule has 2 aromatic carbocycles. The molecule has 1 N–H and O–H groups in total. The summed E-state index contributed by atoms with van der Waals surface area (Å²) in [5.74, 6) is -0.664. The topological polar surface area (TPSA) is 65.8 Å². The lowest BCUT2D eigenvalue weighted by Gasteiger charge is -2.30. The Kier molecular flexibility index (Phi) is 8.92. The third kappa shape index (κ3) is 8.23. The van der Waals surface area contributed by atoms with E-state index >= 15 is 0 Å². The molecular formula is C26H24F7N3O3. The Labute approximate surface area is 219 Å². The van der Waals surface area contributed by atoms with Gasteiger partial charge in [0.1, 0.15) is 18.1 Å². The first-order valence-corrected chi connectivity index (χ1v) is 11.5. The van der Waals surface area contributed by atoms with Crippen LogP contribution in [0, 0.1) is 5.82 Å². The number of rotatable bonds is 8. The van der Waals surface area contributed by atoms with Gasteiger partial charge in [0.15, 0.2) is 0 Å². The highest BCUT2D eigenvalue weighted by Gasteiger charge is 2.37. The minimum absolute atomic E-state index is 0.00986. The number of halogens is 7. The Morgan fingerprint density at radius 1 is 0.897 bits per heavy atom. The molecule has 3 amide bonds. The molecule has 3 rings (SSSR count). The number of benzene rings is 2. The van der Waals surface area contributed by atoms with E-state index in [0.29, 0.717) is 23.5 Å². The summed E-state index contributed by atoms with van der Waals surface area (Å²) in [4.78, 5) is 28.5. The van der Waals surface area contributed by atoms with E-state index in [1.807, 2.05) is 0 Å². The molecule has 0 unspecified atom stereocenters. The Morgan fingerprint density at radius 3 is 1.97 bits per heavy atom. The molecule has 13 heteroatoms. The smallest absolute Gasteiger partial charge is 0.416 e. The number of carbonyl (C=O) groups excluding carboxylic acids is 2. The van der Waals surface area contributed by atoms with E-state index in [2.05, 4.69) is 5.32 Å². The van der Waals surface area contributed by atoms with Gasteiger partial charge in [-0.1, -0.05) is 12.1 Å². The largest absolute Gasteiger partial charge is 0.467 e. The van der Waals surface area contributed by atoms with Gasteiger partial charge in [-0.2, -0.15) is 26.3 Å². The van der Waals surface area contributed by atoms with Crippen molar-refractivity contribution in [1.82, 2.24) is 9.80 Å². The third-order valence-corrected chi connectivity index (χ3v) is 5.59. The number of hydrogen-bond acceptors (Lipinski definition) is 3. The molecule has 0 fully saturated rings. The number of anilines is 1. The van der Waals surface area contributed by atoms with E-state index in [0.717, 1.165) is 4.90 Å². The van der Waals surface area contributed by atoms with Crippen molar-refractivity contribution < 1.29 is 44.7 Å². The van der Waals surface area contributed by atoms with Gasteiger partial charge in [0.25, 0.3) is 0 Å². The van der Waals surface area contributed by atoms with Crippen molar-refractivity contribution in [1.29, 1.82) is 0 Å². The lowest BCUT2D eigenvalue weighted by atomic mass is 10.1. The average molecular weight is 559 g/mol. The first kappa shape index (κ1) is 29.5. The number of carbonyl (C=O) groups is 2. The van der Waals surface area contributed by atoms with Crippen LogP contribution >= 0.6 is 0 Å². The molecule has 210 valence electrons. The summed E-state index contributed by atoms with van der Waals surface area (Å²) in [6.07, 6.45) is -8.80. The molecule has 0 atom stereocenters. The zero-order chi connectivity index (χ0) is 29.0. The minimum Gasteiger partial charge on any atom is -0.467 e. The van der Waals surface area contributed by atoms with Crippen LogP contribution in [0.25, 0.3) is 0 Å². The van der Waals surface area contributed by atoms with E-state index in [9.17, 15) is 40.3 Å². The van der Waals surface area contributed by atoms with Gasteiger partial charge >= 0.3 is 18.4 Å². The van der Waals surface area contributed by atoms with Crippen molar-refractivity contribution in [3.05, 3.63) is 89.1 Å². The highest BCUT2D eigenvalue weighted by atomic mass is 19.4. The molecule has 0 saturated carbocycles. The van der Waals surface area contributed by atoms with Crippen LogP contribution in [0.15, 0.2) is 65.3 Å². The van der Waals surface area contributed by atoms with Crippen LogP contribution in [0.4, 0.5) is 41.2 Å². The summed E-state index contributed by atoms with van der Waals surface area (Å²) in [6, 6.07) is 7.54. The van der Waals surface area contributed by atoms with E-state index < -0.39 is 59.5 Å². The van der Waals surface area contributed by atoms with E-state index in [-0.39, 0.29) is 19.2 Å². The van der Waals surface area contributed by atoms with Gasteiger partial charge in [0, 0.05) is 18.3 Å². The molecule has 0 bridgehead atoms. The third-order valence-electron chi connectivity index (χ3n) is 5.59. The number of nitrogens with zero attached hydrogens (tertiary/aromatic N) is 2. The second kappa shape index (κ2) is 11.8. The molecule has 3 aromatic rings. The molecule has 1 aromatic heterocycles. The van der Waals surface area contributed by atoms with Crippen LogP contribution < -0.4 is 5.32 Å². The molecule has 0 aliphatic carbocycles. The molecule has 0 aliphatic heterocycles.